The molecule has 0 aliphatic carbocycles. The van der Waals surface area contributed by atoms with Crippen LogP contribution in [0.1, 0.15) is 25.7 Å². The van der Waals surface area contributed by atoms with Gasteiger partial charge in [0.05, 0.1) is 21.5 Å². The molecule has 1 aliphatic rings. The number of anilines is 1. The molecule has 118 valence electrons. The summed E-state index contributed by atoms with van der Waals surface area (Å²) >= 11 is 15.3. The number of hydrogen-bond donors (Lipinski definition) is 2. The molecule has 8 heteroatoms. The van der Waals surface area contributed by atoms with Crippen molar-refractivity contribution in [1.82, 2.24) is 5.32 Å². The molecule has 1 saturated heterocycles. The molecule has 4 nitrogen and oxygen atoms in total. The molecule has 1 atom stereocenters. The van der Waals surface area contributed by atoms with Crippen molar-refractivity contribution in [2.45, 2.75) is 31.7 Å². The lowest BCUT2D eigenvalue weighted by Crippen LogP contribution is -2.36. The Morgan fingerprint density at radius 3 is 2.52 bits per heavy atom. The van der Waals surface area contributed by atoms with Crippen molar-refractivity contribution in [2.75, 3.05) is 17.0 Å². The van der Waals surface area contributed by atoms with Gasteiger partial charge in [-0.05, 0) is 37.9 Å². The van der Waals surface area contributed by atoms with Crippen LogP contribution in [-0.4, -0.2) is 26.8 Å². The zero-order valence-corrected chi connectivity index (χ0v) is 15.2. The second-order valence-electron chi connectivity index (χ2n) is 5.10. The van der Waals surface area contributed by atoms with E-state index in [1.54, 1.807) is 12.1 Å². The van der Waals surface area contributed by atoms with Crippen LogP contribution in [-0.2, 0) is 10.0 Å². The molecule has 0 radical (unpaired) electrons. The standard InChI is InChI=1S/C13H17BrCl2N2O2S/c14-9-7-11(15)13(12(16)8-9)18-21(19,20)6-4-10-3-1-2-5-17-10/h7-8,10,17-18H,1-6H2. The summed E-state index contributed by atoms with van der Waals surface area (Å²) in [6.07, 6.45) is 3.91. The van der Waals surface area contributed by atoms with E-state index in [9.17, 15) is 8.42 Å². The van der Waals surface area contributed by atoms with Gasteiger partial charge in [-0.1, -0.05) is 45.6 Å². The zero-order chi connectivity index (χ0) is 15.5. The first-order valence-corrected chi connectivity index (χ1v) is 9.96. The number of rotatable bonds is 5. The van der Waals surface area contributed by atoms with Gasteiger partial charge in [0.1, 0.15) is 0 Å². The molecule has 0 aromatic heterocycles. The Hall–Kier alpha value is -0.0100. The summed E-state index contributed by atoms with van der Waals surface area (Å²) < 4.78 is 27.5. The van der Waals surface area contributed by atoms with E-state index in [1.807, 2.05) is 0 Å². The lowest BCUT2D eigenvalue weighted by atomic mass is 10.0. The van der Waals surface area contributed by atoms with Gasteiger partial charge in [0.2, 0.25) is 10.0 Å². The molecule has 0 bridgehead atoms. The van der Waals surface area contributed by atoms with Gasteiger partial charge >= 0.3 is 0 Å². The van der Waals surface area contributed by atoms with E-state index in [2.05, 4.69) is 26.0 Å². The average molecular weight is 416 g/mol. The molecule has 2 N–H and O–H groups in total. The highest BCUT2D eigenvalue weighted by atomic mass is 79.9. The van der Waals surface area contributed by atoms with E-state index in [1.165, 1.54) is 0 Å². The molecular formula is C13H17BrCl2N2O2S. The summed E-state index contributed by atoms with van der Waals surface area (Å²) in [6, 6.07) is 3.48. The van der Waals surface area contributed by atoms with Crippen LogP contribution in [0.15, 0.2) is 16.6 Å². The minimum atomic E-state index is -3.47. The fourth-order valence-electron chi connectivity index (χ4n) is 2.31. The van der Waals surface area contributed by atoms with Crippen molar-refractivity contribution in [3.8, 4) is 0 Å². The Kier molecular flexibility index (Phi) is 6.20. The summed E-state index contributed by atoms with van der Waals surface area (Å²) in [6.45, 7) is 0.961. The van der Waals surface area contributed by atoms with E-state index in [4.69, 9.17) is 23.2 Å². The second-order valence-corrected chi connectivity index (χ2v) is 8.67. The highest BCUT2D eigenvalue weighted by Crippen LogP contribution is 2.34. The number of hydrogen-bond acceptors (Lipinski definition) is 3. The summed E-state index contributed by atoms with van der Waals surface area (Å²) in [5.41, 5.74) is 0.234. The van der Waals surface area contributed by atoms with Crippen LogP contribution in [0.4, 0.5) is 5.69 Å². The van der Waals surface area contributed by atoms with E-state index in [0.717, 1.165) is 25.8 Å². The van der Waals surface area contributed by atoms with Crippen LogP contribution in [0.5, 0.6) is 0 Å². The van der Waals surface area contributed by atoms with E-state index < -0.39 is 10.0 Å². The van der Waals surface area contributed by atoms with E-state index >= 15 is 0 Å². The zero-order valence-electron chi connectivity index (χ0n) is 11.3. The summed E-state index contributed by atoms with van der Waals surface area (Å²) in [4.78, 5) is 0. The fraction of sp³-hybridized carbons (Fsp3) is 0.538. The van der Waals surface area contributed by atoms with Crippen molar-refractivity contribution in [1.29, 1.82) is 0 Å². The van der Waals surface area contributed by atoms with Crippen molar-refractivity contribution in [3.63, 3.8) is 0 Å². The third-order valence-corrected chi connectivity index (χ3v) is 5.75. The van der Waals surface area contributed by atoms with Crippen LogP contribution in [0.25, 0.3) is 0 Å². The Labute approximate surface area is 143 Å². The Morgan fingerprint density at radius 1 is 1.29 bits per heavy atom. The van der Waals surface area contributed by atoms with Crippen LogP contribution in [0, 0.1) is 0 Å². The molecule has 2 rings (SSSR count). The summed E-state index contributed by atoms with van der Waals surface area (Å²) in [5, 5.41) is 3.88. The normalized spacial score (nSPS) is 19.5. The lowest BCUT2D eigenvalue weighted by molar-refractivity contribution is 0.393. The molecule has 1 unspecified atom stereocenters. The van der Waals surface area contributed by atoms with Gasteiger partial charge in [0.25, 0.3) is 0 Å². The number of benzene rings is 1. The number of piperidine rings is 1. The monoisotopic (exact) mass is 414 g/mol. The molecule has 1 fully saturated rings. The van der Waals surface area contributed by atoms with Gasteiger partial charge < -0.3 is 5.32 Å². The van der Waals surface area contributed by atoms with Gasteiger partial charge in [-0.25, -0.2) is 8.42 Å². The maximum absolute atomic E-state index is 12.2. The number of nitrogens with one attached hydrogen (secondary N) is 2. The van der Waals surface area contributed by atoms with Gasteiger partial charge in [-0.15, -0.1) is 0 Å². The first-order valence-electron chi connectivity index (χ1n) is 6.76. The number of sulfonamides is 1. The third kappa shape index (κ3) is 5.28. The van der Waals surface area contributed by atoms with Crippen molar-refractivity contribution >= 4 is 54.8 Å². The first-order chi connectivity index (χ1) is 9.87. The van der Waals surface area contributed by atoms with Crippen molar-refractivity contribution in [2.24, 2.45) is 0 Å². The molecule has 0 amide bonds. The van der Waals surface area contributed by atoms with E-state index in [-0.39, 0.29) is 27.5 Å². The van der Waals surface area contributed by atoms with Gasteiger partial charge in [-0.3, -0.25) is 4.72 Å². The Morgan fingerprint density at radius 2 is 1.95 bits per heavy atom. The van der Waals surface area contributed by atoms with Gasteiger partial charge in [-0.2, -0.15) is 0 Å². The molecule has 1 aromatic rings. The lowest BCUT2D eigenvalue weighted by Gasteiger charge is -2.23. The minimum absolute atomic E-state index is 0.0490. The molecule has 0 spiro atoms. The molecule has 0 saturated carbocycles. The minimum Gasteiger partial charge on any atom is -0.314 e. The smallest absolute Gasteiger partial charge is 0.232 e. The van der Waals surface area contributed by atoms with Crippen molar-refractivity contribution < 1.29 is 8.42 Å². The van der Waals surface area contributed by atoms with Crippen LogP contribution in [0.3, 0.4) is 0 Å². The fourth-order valence-corrected chi connectivity index (χ4v) is 4.96. The maximum Gasteiger partial charge on any atom is 0.232 e. The highest BCUT2D eigenvalue weighted by molar-refractivity contribution is 9.10. The molecule has 1 aliphatic heterocycles. The quantitative estimate of drug-likeness (QED) is 0.763. The molecule has 1 aromatic carbocycles. The second kappa shape index (κ2) is 7.51. The van der Waals surface area contributed by atoms with Gasteiger partial charge in [0, 0.05) is 10.5 Å². The molecule has 1 heterocycles. The highest BCUT2D eigenvalue weighted by Gasteiger charge is 2.19. The van der Waals surface area contributed by atoms with Crippen LogP contribution >= 0.6 is 39.1 Å². The largest absolute Gasteiger partial charge is 0.314 e. The summed E-state index contributed by atoms with van der Waals surface area (Å²) in [7, 11) is -3.47. The molecule has 21 heavy (non-hydrogen) atoms. The Bertz CT molecular complexity index is 581. The van der Waals surface area contributed by atoms with Crippen LogP contribution in [0.2, 0.25) is 10.0 Å². The topological polar surface area (TPSA) is 58.2 Å². The van der Waals surface area contributed by atoms with Gasteiger partial charge in [0.15, 0.2) is 0 Å². The number of halogens is 3. The average Bonchev–Trinajstić information content (AvgIpc) is 2.42. The van der Waals surface area contributed by atoms with Crippen molar-refractivity contribution in [3.05, 3.63) is 26.7 Å². The third-order valence-electron chi connectivity index (χ3n) is 3.41. The Balaban J connectivity index is 2.00. The van der Waals surface area contributed by atoms with E-state index in [0.29, 0.717) is 10.9 Å². The maximum atomic E-state index is 12.2. The SMILES string of the molecule is O=S(=O)(CCC1CCCCN1)Nc1c(Cl)cc(Br)cc1Cl. The first kappa shape index (κ1) is 17.3. The van der Waals surface area contributed by atoms with Crippen LogP contribution < -0.4 is 10.0 Å². The predicted molar refractivity (Wildman–Crippen MR) is 91.8 cm³/mol. The summed E-state index contributed by atoms with van der Waals surface area (Å²) in [5.74, 6) is 0.0490. The predicted octanol–water partition coefficient (Wildman–Crippen LogP) is 4.03. The molecular weight excluding hydrogens is 399 g/mol.